The molecule has 0 saturated carbocycles. The largest absolute Gasteiger partial charge is 0.459 e. The lowest BCUT2D eigenvalue weighted by Crippen LogP contribution is -2.56. The standard InChI is InChI=1S/C5H6F6O2/c1-13-2-3(6,12)4(7,8)5(9,10)11/h12H,2H2,1H3. The van der Waals surface area contributed by atoms with Crippen molar-refractivity contribution in [3.63, 3.8) is 0 Å². The van der Waals surface area contributed by atoms with E-state index in [1.165, 1.54) is 0 Å². The molecule has 0 aromatic heterocycles. The van der Waals surface area contributed by atoms with Crippen LogP contribution in [0.2, 0.25) is 0 Å². The molecule has 0 aliphatic carbocycles. The summed E-state index contributed by atoms with van der Waals surface area (Å²) in [6.07, 6.45) is -6.16. The van der Waals surface area contributed by atoms with E-state index in [4.69, 9.17) is 5.11 Å². The predicted octanol–water partition coefficient (Wildman–Crippen LogP) is 1.49. The van der Waals surface area contributed by atoms with E-state index in [1.54, 1.807) is 0 Å². The number of ether oxygens (including phenoxy) is 1. The second-order valence-electron chi connectivity index (χ2n) is 2.26. The molecule has 0 radical (unpaired) electrons. The van der Waals surface area contributed by atoms with E-state index in [0.29, 0.717) is 7.11 Å². The summed E-state index contributed by atoms with van der Waals surface area (Å²) in [7, 11) is 0.678. The highest BCUT2D eigenvalue weighted by atomic mass is 19.4. The summed E-state index contributed by atoms with van der Waals surface area (Å²) in [4.78, 5) is 0. The van der Waals surface area contributed by atoms with E-state index >= 15 is 0 Å². The van der Waals surface area contributed by atoms with E-state index in [-0.39, 0.29) is 0 Å². The first-order valence-electron chi connectivity index (χ1n) is 2.91. The molecule has 0 rings (SSSR count). The van der Waals surface area contributed by atoms with Crippen LogP contribution < -0.4 is 0 Å². The Hall–Kier alpha value is -0.500. The maximum atomic E-state index is 12.3. The summed E-state index contributed by atoms with van der Waals surface area (Å²) in [5.74, 6) is -10.6. The zero-order valence-electron chi connectivity index (χ0n) is 6.33. The van der Waals surface area contributed by atoms with Crippen LogP contribution in [0.5, 0.6) is 0 Å². The molecule has 0 amide bonds. The number of halogens is 6. The molecule has 1 atom stereocenters. The number of hydrogen-bond donors (Lipinski definition) is 1. The van der Waals surface area contributed by atoms with Crippen molar-refractivity contribution in [1.29, 1.82) is 0 Å². The molecule has 13 heavy (non-hydrogen) atoms. The van der Waals surface area contributed by atoms with Gasteiger partial charge in [0.15, 0.2) is 0 Å². The number of rotatable bonds is 3. The first-order valence-corrected chi connectivity index (χ1v) is 2.91. The third-order valence-electron chi connectivity index (χ3n) is 1.17. The minimum atomic E-state index is -6.16. The average molecular weight is 212 g/mol. The fourth-order valence-electron chi connectivity index (χ4n) is 0.499. The maximum absolute atomic E-state index is 12.3. The van der Waals surface area contributed by atoms with Crippen molar-refractivity contribution in [2.24, 2.45) is 0 Å². The van der Waals surface area contributed by atoms with Gasteiger partial charge in [0.2, 0.25) is 0 Å². The molecule has 1 N–H and O–H groups in total. The molecule has 0 saturated heterocycles. The minimum Gasteiger partial charge on any atom is -0.379 e. The molecule has 0 aromatic rings. The fourth-order valence-corrected chi connectivity index (χ4v) is 0.499. The van der Waals surface area contributed by atoms with Gasteiger partial charge in [-0.05, 0) is 0 Å². The lowest BCUT2D eigenvalue weighted by Gasteiger charge is -2.29. The molecule has 0 aliphatic heterocycles. The molecule has 0 fully saturated rings. The van der Waals surface area contributed by atoms with Crippen molar-refractivity contribution in [2.75, 3.05) is 13.7 Å². The Bertz CT molecular complexity index is 174. The van der Waals surface area contributed by atoms with Gasteiger partial charge in [-0.25, -0.2) is 4.39 Å². The van der Waals surface area contributed by atoms with Crippen molar-refractivity contribution >= 4 is 0 Å². The number of alkyl halides is 6. The van der Waals surface area contributed by atoms with Gasteiger partial charge in [0.1, 0.15) is 6.61 Å². The summed E-state index contributed by atoms with van der Waals surface area (Å²) in [5.41, 5.74) is 0. The lowest BCUT2D eigenvalue weighted by molar-refractivity contribution is -0.379. The third-order valence-corrected chi connectivity index (χ3v) is 1.17. The number of methoxy groups -OCH3 is 1. The molecule has 0 heterocycles. The van der Waals surface area contributed by atoms with Gasteiger partial charge in [-0.15, -0.1) is 0 Å². The Balaban J connectivity index is 4.81. The smallest absolute Gasteiger partial charge is 0.379 e. The Morgan fingerprint density at radius 1 is 1.08 bits per heavy atom. The van der Waals surface area contributed by atoms with Crippen LogP contribution in [-0.4, -0.2) is 36.8 Å². The lowest BCUT2D eigenvalue weighted by atomic mass is 10.1. The number of aliphatic hydroxyl groups is 1. The van der Waals surface area contributed by atoms with Gasteiger partial charge in [-0.3, -0.25) is 0 Å². The summed E-state index contributed by atoms with van der Waals surface area (Å²) in [6, 6.07) is 0. The molecule has 2 nitrogen and oxygen atoms in total. The first kappa shape index (κ1) is 12.5. The quantitative estimate of drug-likeness (QED) is 0.718. The Morgan fingerprint density at radius 2 is 1.46 bits per heavy atom. The highest BCUT2D eigenvalue weighted by Gasteiger charge is 2.71. The van der Waals surface area contributed by atoms with Gasteiger partial charge in [-0.1, -0.05) is 0 Å². The zero-order valence-corrected chi connectivity index (χ0v) is 6.33. The summed E-state index contributed by atoms with van der Waals surface area (Å²) in [6.45, 7) is -1.76. The van der Waals surface area contributed by atoms with Gasteiger partial charge in [-0.2, -0.15) is 22.0 Å². The van der Waals surface area contributed by atoms with E-state index in [9.17, 15) is 26.3 Å². The van der Waals surface area contributed by atoms with Crippen LogP contribution >= 0.6 is 0 Å². The molecule has 80 valence electrons. The normalized spacial score (nSPS) is 18.5. The Morgan fingerprint density at radius 3 is 1.69 bits per heavy atom. The van der Waals surface area contributed by atoms with Crippen LogP contribution in [0.1, 0.15) is 0 Å². The van der Waals surface area contributed by atoms with Crippen LogP contribution in [-0.2, 0) is 4.74 Å². The summed E-state index contributed by atoms with van der Waals surface area (Å²) in [5, 5.41) is 8.12. The number of hydrogen-bond acceptors (Lipinski definition) is 2. The average Bonchev–Trinajstić information content (AvgIpc) is 1.84. The highest BCUT2D eigenvalue weighted by molar-refractivity contribution is 4.90. The molecule has 0 bridgehead atoms. The summed E-state index contributed by atoms with van der Waals surface area (Å²) < 4.78 is 74.5. The molecular formula is C5H6F6O2. The minimum absolute atomic E-state index is 0.678. The summed E-state index contributed by atoms with van der Waals surface area (Å²) >= 11 is 0. The van der Waals surface area contributed by atoms with Crippen LogP contribution in [0.3, 0.4) is 0 Å². The monoisotopic (exact) mass is 212 g/mol. The molecule has 8 heteroatoms. The van der Waals surface area contributed by atoms with Crippen LogP contribution in [0, 0.1) is 0 Å². The topological polar surface area (TPSA) is 29.5 Å². The molecule has 0 aromatic carbocycles. The third kappa shape index (κ3) is 2.25. The molecular weight excluding hydrogens is 206 g/mol. The SMILES string of the molecule is COCC(O)(F)C(F)(F)C(F)(F)F. The Kier molecular flexibility index (Phi) is 3.21. The van der Waals surface area contributed by atoms with E-state index in [0.717, 1.165) is 0 Å². The molecule has 1 unspecified atom stereocenters. The van der Waals surface area contributed by atoms with Crippen LogP contribution in [0.15, 0.2) is 0 Å². The van der Waals surface area contributed by atoms with Crippen molar-refractivity contribution < 1.29 is 36.2 Å². The first-order chi connectivity index (χ1) is 5.56. The predicted molar refractivity (Wildman–Crippen MR) is 28.9 cm³/mol. The highest BCUT2D eigenvalue weighted by Crippen LogP contribution is 2.44. The van der Waals surface area contributed by atoms with Gasteiger partial charge >= 0.3 is 18.0 Å². The second-order valence-corrected chi connectivity index (χ2v) is 2.26. The van der Waals surface area contributed by atoms with E-state index in [1.807, 2.05) is 0 Å². The van der Waals surface area contributed by atoms with E-state index in [2.05, 4.69) is 4.74 Å². The van der Waals surface area contributed by atoms with Crippen LogP contribution in [0.25, 0.3) is 0 Å². The zero-order chi connectivity index (χ0) is 10.9. The Labute approximate surface area is 69.1 Å². The van der Waals surface area contributed by atoms with E-state index < -0.39 is 24.6 Å². The van der Waals surface area contributed by atoms with Gasteiger partial charge in [0.25, 0.3) is 0 Å². The molecule has 0 spiro atoms. The van der Waals surface area contributed by atoms with Crippen molar-refractivity contribution in [2.45, 2.75) is 18.0 Å². The van der Waals surface area contributed by atoms with Crippen LogP contribution in [0.4, 0.5) is 26.3 Å². The maximum Gasteiger partial charge on any atom is 0.459 e. The van der Waals surface area contributed by atoms with Gasteiger partial charge in [0, 0.05) is 7.11 Å². The fraction of sp³-hybridized carbons (Fsp3) is 1.00. The molecule has 0 aliphatic rings. The van der Waals surface area contributed by atoms with Gasteiger partial charge < -0.3 is 9.84 Å². The van der Waals surface area contributed by atoms with Crippen molar-refractivity contribution in [1.82, 2.24) is 0 Å². The second kappa shape index (κ2) is 3.33. The van der Waals surface area contributed by atoms with Crippen molar-refractivity contribution in [3.05, 3.63) is 0 Å². The van der Waals surface area contributed by atoms with Gasteiger partial charge in [0.05, 0.1) is 0 Å². The van der Waals surface area contributed by atoms with Crippen molar-refractivity contribution in [3.8, 4) is 0 Å².